The number of carbonyl (C=O) groups excluding carboxylic acids is 5. The van der Waals surface area contributed by atoms with Crippen molar-refractivity contribution >= 4 is 52.2 Å². The van der Waals surface area contributed by atoms with Gasteiger partial charge in [-0.2, -0.15) is 5.10 Å². The molecular formula is C49H55N11O6. The molecule has 5 aromatic rings. The number of fused-ring (bicyclic) bond motifs is 10. The normalized spacial score (nSPS) is 24.2. The van der Waals surface area contributed by atoms with Gasteiger partial charge in [-0.15, -0.1) is 0 Å². The van der Waals surface area contributed by atoms with Crippen molar-refractivity contribution < 1.29 is 28.7 Å². The maximum Gasteiger partial charge on any atom is 0.262 e. The molecular weight excluding hydrogens is 839 g/mol. The lowest BCUT2D eigenvalue weighted by molar-refractivity contribution is -0.136. The number of piperazine rings is 1. The summed E-state index contributed by atoms with van der Waals surface area (Å²) in [6.45, 7) is 11.3. The van der Waals surface area contributed by atoms with Gasteiger partial charge in [-0.3, -0.25) is 54.3 Å². The first-order chi connectivity index (χ1) is 31.9. The van der Waals surface area contributed by atoms with E-state index >= 15 is 0 Å². The molecule has 17 nitrogen and oxygen atoms in total. The van der Waals surface area contributed by atoms with E-state index in [1.54, 1.807) is 29.1 Å². The molecule has 3 aromatic heterocycles. The maximum atomic E-state index is 13.9. The summed E-state index contributed by atoms with van der Waals surface area (Å²) in [5, 5.41) is 9.85. The quantitative estimate of drug-likeness (QED) is 0.223. The van der Waals surface area contributed by atoms with Crippen molar-refractivity contribution in [1.82, 2.24) is 44.3 Å². The molecule has 2 N–H and O–H groups in total. The summed E-state index contributed by atoms with van der Waals surface area (Å²) in [5.74, 6) is -0.0668. The lowest BCUT2D eigenvalue weighted by Gasteiger charge is -2.58. The molecule has 7 aliphatic heterocycles. The van der Waals surface area contributed by atoms with Crippen LogP contribution in [-0.4, -0.2) is 126 Å². The number of nitrogens with zero attached hydrogens (tertiary/aromatic N) is 9. The van der Waals surface area contributed by atoms with E-state index in [9.17, 15) is 24.0 Å². The lowest BCUT2D eigenvalue weighted by atomic mass is 9.85. The average molecular weight is 894 g/mol. The van der Waals surface area contributed by atoms with E-state index in [0.29, 0.717) is 71.3 Å². The second kappa shape index (κ2) is 16.8. The van der Waals surface area contributed by atoms with Crippen molar-refractivity contribution in [3.05, 3.63) is 82.7 Å². The maximum absolute atomic E-state index is 13.9. The van der Waals surface area contributed by atoms with Crippen LogP contribution in [0, 0.1) is 18.8 Å². The van der Waals surface area contributed by atoms with Crippen LogP contribution in [0.3, 0.4) is 0 Å². The SMILES string of the molecule is Cc1cc2cc(n1)-c1cnn(C)c1OCCC[C@@H](C)Cn1c(nc3ccc(CN4CCC(CN5CC6CC(C5)N6c5ccc6c(c5)C(=O)N(C5CCC(=O)NC5=O)C6=O)CC4)cc31)NC2=O. The fourth-order valence-corrected chi connectivity index (χ4v) is 11.3. The molecule has 12 rings (SSSR count). The summed E-state index contributed by atoms with van der Waals surface area (Å²) < 4.78 is 10.2. The van der Waals surface area contributed by atoms with Gasteiger partial charge >= 0.3 is 0 Å². The fraction of sp³-hybridized carbons (Fsp3) is 0.469. The molecule has 0 spiro atoms. The number of likely N-dealkylation sites (tertiary alicyclic amines) is 1. The number of ether oxygens (including phenoxy) is 1. The molecule has 0 aliphatic carbocycles. The minimum absolute atomic E-state index is 0.0966. The number of amides is 5. The van der Waals surface area contributed by atoms with E-state index in [2.05, 4.69) is 60.1 Å². The monoisotopic (exact) mass is 893 g/mol. The second-order valence-corrected chi connectivity index (χ2v) is 19.4. The number of hydrogen-bond donors (Lipinski definition) is 2. The Labute approximate surface area is 382 Å². The Kier molecular flexibility index (Phi) is 10.7. The Morgan fingerprint density at radius 1 is 0.818 bits per heavy atom. The number of pyridine rings is 1. The smallest absolute Gasteiger partial charge is 0.262 e. The van der Waals surface area contributed by atoms with Gasteiger partial charge in [0.1, 0.15) is 6.04 Å². The fourth-order valence-electron chi connectivity index (χ4n) is 11.3. The predicted octanol–water partition coefficient (Wildman–Crippen LogP) is 4.78. The van der Waals surface area contributed by atoms with Crippen molar-refractivity contribution in [2.45, 2.75) is 90.0 Å². The first-order valence-corrected chi connectivity index (χ1v) is 23.5. The van der Waals surface area contributed by atoms with Crippen molar-refractivity contribution in [3.63, 3.8) is 0 Å². The van der Waals surface area contributed by atoms with E-state index in [1.807, 2.05) is 26.1 Å². The number of imidazole rings is 1. The largest absolute Gasteiger partial charge is 0.477 e. The number of anilines is 2. The number of aromatic nitrogens is 5. The zero-order valence-electron chi connectivity index (χ0n) is 37.7. The topological polar surface area (TPSA) is 180 Å². The highest BCUT2D eigenvalue weighted by molar-refractivity contribution is 6.23. The minimum atomic E-state index is -0.970. The summed E-state index contributed by atoms with van der Waals surface area (Å²) in [6.07, 6.45) is 7.15. The van der Waals surface area contributed by atoms with Crippen LogP contribution in [0.4, 0.5) is 11.6 Å². The third-order valence-corrected chi connectivity index (χ3v) is 14.6. The van der Waals surface area contributed by atoms with Crippen LogP contribution in [0.15, 0.2) is 54.7 Å². The molecule has 7 aliphatic rings. The Morgan fingerprint density at radius 2 is 1.62 bits per heavy atom. The molecule has 5 fully saturated rings. The van der Waals surface area contributed by atoms with Crippen LogP contribution in [0.25, 0.3) is 22.3 Å². The molecule has 3 unspecified atom stereocenters. The third-order valence-electron chi connectivity index (χ3n) is 14.6. The standard InChI is InChI=1S/C49H55N11O6/c1-28-5-4-16-66-48-38(22-50-55(48)3)40-19-32(17-29(2)51-40)44(62)54-49-52-39-9-6-31(18-42(39)58(49)23-28)25-56-14-12-30(13-15-56)24-57-26-34-20-35(27-57)59(34)33-7-8-36-37(21-33)47(65)60(46(36)64)41-10-11-43(61)53-45(41)63/h6-9,17-19,21-22,28,30,34-35,41H,4-5,10-16,20,23-27H2,1-3H3,(H,52,54,62)(H,53,61,63)/t28-,34?,35?,41?/m1/s1. The average Bonchev–Trinajstić information content (AvgIpc) is 3.91. The molecule has 5 amide bonds. The van der Waals surface area contributed by atoms with Crippen molar-refractivity contribution in [2.75, 3.05) is 49.5 Å². The van der Waals surface area contributed by atoms with E-state index in [4.69, 9.17) is 14.7 Å². The number of hydrogen-bond acceptors (Lipinski definition) is 12. The molecule has 10 heterocycles. The summed E-state index contributed by atoms with van der Waals surface area (Å²) >= 11 is 0. The lowest BCUT2D eigenvalue weighted by Crippen LogP contribution is -2.69. The molecule has 2 aromatic carbocycles. The van der Waals surface area contributed by atoms with Crippen LogP contribution >= 0.6 is 0 Å². The summed E-state index contributed by atoms with van der Waals surface area (Å²) in [4.78, 5) is 83.2. The van der Waals surface area contributed by atoms with Gasteiger partial charge in [0, 0.05) is 75.2 Å². The Balaban J connectivity index is 0.717. The van der Waals surface area contributed by atoms with Crippen molar-refractivity contribution in [2.24, 2.45) is 18.9 Å². The molecule has 66 heavy (non-hydrogen) atoms. The van der Waals surface area contributed by atoms with E-state index in [1.165, 1.54) is 5.56 Å². The molecule has 0 radical (unpaired) electrons. The van der Waals surface area contributed by atoms with Gasteiger partial charge in [-0.1, -0.05) is 13.0 Å². The predicted molar refractivity (Wildman–Crippen MR) is 245 cm³/mol. The highest BCUT2D eigenvalue weighted by Crippen LogP contribution is 2.40. The van der Waals surface area contributed by atoms with Crippen LogP contribution < -0.4 is 20.3 Å². The summed E-state index contributed by atoms with van der Waals surface area (Å²) in [6, 6.07) is 15.3. The molecule has 4 bridgehead atoms. The number of aryl methyl sites for hydroxylation is 2. The van der Waals surface area contributed by atoms with Crippen LogP contribution in [0.5, 0.6) is 5.88 Å². The number of benzene rings is 2. The molecule has 5 saturated heterocycles. The molecule has 4 atom stereocenters. The first kappa shape index (κ1) is 42.2. The van der Waals surface area contributed by atoms with Gasteiger partial charge in [0.25, 0.3) is 17.7 Å². The number of nitrogens with one attached hydrogen (secondary N) is 2. The third kappa shape index (κ3) is 7.70. The Bertz CT molecular complexity index is 2800. The Hall–Kier alpha value is -6.46. The Morgan fingerprint density at radius 3 is 2.42 bits per heavy atom. The van der Waals surface area contributed by atoms with Gasteiger partial charge in [0.2, 0.25) is 23.6 Å². The number of carbonyl (C=O) groups is 5. The highest BCUT2D eigenvalue weighted by atomic mass is 16.5. The molecule has 0 saturated carbocycles. The summed E-state index contributed by atoms with van der Waals surface area (Å²) in [7, 11) is 1.85. The van der Waals surface area contributed by atoms with Crippen molar-refractivity contribution in [1.29, 1.82) is 0 Å². The van der Waals surface area contributed by atoms with E-state index in [0.717, 1.165) is 104 Å². The van der Waals surface area contributed by atoms with Gasteiger partial charge in [0.05, 0.1) is 46.2 Å². The van der Waals surface area contributed by atoms with E-state index < -0.39 is 23.8 Å². The van der Waals surface area contributed by atoms with Gasteiger partial charge < -0.3 is 14.2 Å². The van der Waals surface area contributed by atoms with Gasteiger partial charge in [-0.25, -0.2) is 9.67 Å². The van der Waals surface area contributed by atoms with Crippen LogP contribution in [0.2, 0.25) is 0 Å². The van der Waals surface area contributed by atoms with Gasteiger partial charge in [0.15, 0.2) is 0 Å². The second-order valence-electron chi connectivity index (χ2n) is 19.4. The van der Waals surface area contributed by atoms with Crippen LogP contribution in [-0.2, 0) is 29.7 Å². The first-order valence-electron chi connectivity index (χ1n) is 23.5. The van der Waals surface area contributed by atoms with E-state index in [-0.39, 0.29) is 24.7 Å². The molecule has 342 valence electrons. The number of rotatable bonds is 6. The zero-order chi connectivity index (χ0) is 45.4. The van der Waals surface area contributed by atoms with Crippen molar-refractivity contribution in [3.8, 4) is 17.1 Å². The highest BCUT2D eigenvalue weighted by Gasteiger charge is 2.48. The zero-order valence-corrected chi connectivity index (χ0v) is 37.7. The van der Waals surface area contributed by atoms with Gasteiger partial charge in [-0.05, 0) is 118 Å². The number of imide groups is 2. The molecule has 17 heteroatoms. The van der Waals surface area contributed by atoms with Crippen LogP contribution in [0.1, 0.15) is 94.2 Å². The number of piperidine rings is 3. The summed E-state index contributed by atoms with van der Waals surface area (Å²) in [5.41, 5.74) is 7.29. The minimum Gasteiger partial charge on any atom is -0.477 e.